The van der Waals surface area contributed by atoms with Crippen LogP contribution in [-0.2, 0) is 6.54 Å². The lowest BCUT2D eigenvalue weighted by Crippen LogP contribution is -2.26. The predicted octanol–water partition coefficient (Wildman–Crippen LogP) is 3.02. The Bertz CT molecular complexity index is 469. The molecule has 0 atom stereocenters. The lowest BCUT2D eigenvalue weighted by atomic mass is 10.1. The van der Waals surface area contributed by atoms with Crippen LogP contribution in [0.2, 0.25) is 0 Å². The highest BCUT2D eigenvalue weighted by Gasteiger charge is 2.24. The van der Waals surface area contributed by atoms with E-state index in [-0.39, 0.29) is 5.56 Å². The smallest absolute Gasteiger partial charge is 0.339 e. The minimum atomic E-state index is -0.937. The van der Waals surface area contributed by atoms with Crippen LogP contribution in [0.4, 0.5) is 0 Å². The molecule has 0 unspecified atom stereocenters. The molecular formula is C16H23NO3. The van der Waals surface area contributed by atoms with Crippen molar-refractivity contribution in [1.29, 1.82) is 0 Å². The second kappa shape index (κ2) is 6.75. The van der Waals surface area contributed by atoms with Crippen molar-refractivity contribution in [2.24, 2.45) is 5.92 Å². The van der Waals surface area contributed by atoms with Gasteiger partial charge in [0.1, 0.15) is 11.3 Å². The first-order chi connectivity index (χ1) is 9.63. The third kappa shape index (κ3) is 3.97. The number of carbonyl (C=O) groups is 1. The Morgan fingerprint density at radius 1 is 1.45 bits per heavy atom. The van der Waals surface area contributed by atoms with Crippen molar-refractivity contribution < 1.29 is 14.6 Å². The molecule has 0 amide bonds. The van der Waals surface area contributed by atoms with E-state index < -0.39 is 5.97 Å². The summed E-state index contributed by atoms with van der Waals surface area (Å²) in [6.45, 7) is 5.18. The molecule has 4 nitrogen and oxygen atoms in total. The van der Waals surface area contributed by atoms with Gasteiger partial charge in [0.15, 0.2) is 0 Å². The van der Waals surface area contributed by atoms with Crippen LogP contribution in [0, 0.1) is 5.92 Å². The van der Waals surface area contributed by atoms with Crippen LogP contribution in [0.3, 0.4) is 0 Å². The quantitative estimate of drug-likeness (QED) is 0.793. The first-order valence-electron chi connectivity index (χ1n) is 7.26. The number of benzene rings is 1. The lowest BCUT2D eigenvalue weighted by Gasteiger charge is -2.22. The minimum Gasteiger partial charge on any atom is -0.496 e. The number of carboxylic acids is 1. The number of hydrogen-bond acceptors (Lipinski definition) is 3. The summed E-state index contributed by atoms with van der Waals surface area (Å²) in [5, 5.41) is 9.22. The van der Waals surface area contributed by atoms with Crippen molar-refractivity contribution >= 4 is 5.97 Å². The molecule has 1 aliphatic carbocycles. The van der Waals surface area contributed by atoms with E-state index in [0.717, 1.165) is 37.5 Å². The number of rotatable bonds is 8. The Hall–Kier alpha value is -1.55. The van der Waals surface area contributed by atoms with Gasteiger partial charge in [0.05, 0.1) is 7.11 Å². The summed E-state index contributed by atoms with van der Waals surface area (Å²) in [5.41, 5.74) is 1.28. The normalized spacial score (nSPS) is 14.6. The number of nitrogens with zero attached hydrogens (tertiary/aromatic N) is 1. The summed E-state index contributed by atoms with van der Waals surface area (Å²) < 4.78 is 5.09. The molecular weight excluding hydrogens is 254 g/mol. The van der Waals surface area contributed by atoms with Crippen molar-refractivity contribution in [3.63, 3.8) is 0 Å². The SMILES string of the molecule is CCCN(Cc1ccc(OC)c(C(=O)O)c1)CC1CC1. The fourth-order valence-electron chi connectivity index (χ4n) is 2.50. The van der Waals surface area contributed by atoms with Gasteiger partial charge in [-0.2, -0.15) is 0 Å². The van der Waals surface area contributed by atoms with Crippen molar-refractivity contribution in [3.05, 3.63) is 29.3 Å². The van der Waals surface area contributed by atoms with E-state index in [0.29, 0.717) is 5.75 Å². The van der Waals surface area contributed by atoms with Gasteiger partial charge in [-0.3, -0.25) is 4.90 Å². The third-order valence-corrected chi connectivity index (χ3v) is 3.65. The Balaban J connectivity index is 2.09. The molecule has 1 aromatic rings. The summed E-state index contributed by atoms with van der Waals surface area (Å²) in [4.78, 5) is 13.7. The maximum Gasteiger partial charge on any atom is 0.339 e. The average Bonchev–Trinajstić information content (AvgIpc) is 3.22. The average molecular weight is 277 g/mol. The molecule has 0 saturated heterocycles. The molecule has 0 radical (unpaired) electrons. The Labute approximate surface area is 120 Å². The van der Waals surface area contributed by atoms with Gasteiger partial charge < -0.3 is 9.84 Å². The Morgan fingerprint density at radius 2 is 2.20 bits per heavy atom. The molecule has 110 valence electrons. The molecule has 1 N–H and O–H groups in total. The van der Waals surface area contributed by atoms with Crippen LogP contribution in [0.25, 0.3) is 0 Å². The molecule has 0 bridgehead atoms. The van der Waals surface area contributed by atoms with Crippen molar-refractivity contribution in [2.45, 2.75) is 32.7 Å². The van der Waals surface area contributed by atoms with Crippen LogP contribution >= 0.6 is 0 Å². The van der Waals surface area contributed by atoms with Crippen molar-refractivity contribution in [3.8, 4) is 5.75 Å². The monoisotopic (exact) mass is 277 g/mol. The molecule has 0 spiro atoms. The highest BCUT2D eigenvalue weighted by molar-refractivity contribution is 5.91. The molecule has 1 aliphatic rings. The van der Waals surface area contributed by atoms with E-state index in [4.69, 9.17) is 4.74 Å². The van der Waals surface area contributed by atoms with Gasteiger partial charge in [-0.25, -0.2) is 4.79 Å². The first-order valence-corrected chi connectivity index (χ1v) is 7.26. The molecule has 0 heterocycles. The molecule has 1 fully saturated rings. The van der Waals surface area contributed by atoms with Gasteiger partial charge in [-0.05, 0) is 49.4 Å². The molecule has 1 aromatic carbocycles. The van der Waals surface area contributed by atoms with E-state index in [1.54, 1.807) is 12.1 Å². The number of methoxy groups -OCH3 is 1. The number of aromatic carboxylic acids is 1. The van der Waals surface area contributed by atoms with E-state index in [2.05, 4.69) is 11.8 Å². The van der Waals surface area contributed by atoms with Gasteiger partial charge in [0, 0.05) is 13.1 Å². The molecule has 4 heteroatoms. The fraction of sp³-hybridized carbons (Fsp3) is 0.562. The Kier molecular flexibility index (Phi) is 5.01. The number of carboxylic acid groups (broad SMARTS) is 1. The zero-order chi connectivity index (χ0) is 14.5. The largest absolute Gasteiger partial charge is 0.496 e. The second-order valence-electron chi connectivity index (χ2n) is 5.52. The molecule has 2 rings (SSSR count). The summed E-state index contributed by atoms with van der Waals surface area (Å²) >= 11 is 0. The first kappa shape index (κ1) is 14.9. The van der Waals surface area contributed by atoms with Gasteiger partial charge in [0.2, 0.25) is 0 Å². The van der Waals surface area contributed by atoms with Crippen molar-refractivity contribution in [2.75, 3.05) is 20.2 Å². The fourth-order valence-corrected chi connectivity index (χ4v) is 2.50. The van der Waals surface area contributed by atoms with E-state index in [9.17, 15) is 9.90 Å². The van der Waals surface area contributed by atoms with Crippen LogP contribution in [0.1, 0.15) is 42.1 Å². The maximum atomic E-state index is 11.2. The summed E-state index contributed by atoms with van der Waals surface area (Å²) in [7, 11) is 1.50. The molecule has 0 aromatic heterocycles. The van der Waals surface area contributed by atoms with E-state index in [1.807, 2.05) is 6.07 Å². The highest BCUT2D eigenvalue weighted by Crippen LogP contribution is 2.30. The van der Waals surface area contributed by atoms with E-state index in [1.165, 1.54) is 20.0 Å². The summed E-state index contributed by atoms with van der Waals surface area (Å²) in [6.07, 6.45) is 3.79. The predicted molar refractivity (Wildman–Crippen MR) is 78.2 cm³/mol. The summed E-state index contributed by atoms with van der Waals surface area (Å²) in [6, 6.07) is 5.44. The third-order valence-electron chi connectivity index (χ3n) is 3.65. The zero-order valence-electron chi connectivity index (χ0n) is 12.3. The number of ether oxygens (including phenoxy) is 1. The summed E-state index contributed by atoms with van der Waals surface area (Å²) in [5.74, 6) is 0.331. The topological polar surface area (TPSA) is 49.8 Å². The van der Waals surface area contributed by atoms with Gasteiger partial charge in [-0.15, -0.1) is 0 Å². The molecule has 0 aliphatic heterocycles. The standard InChI is InChI=1S/C16H23NO3/c1-3-8-17(10-12-4-5-12)11-13-6-7-15(20-2)14(9-13)16(18)19/h6-7,9,12H,3-5,8,10-11H2,1-2H3,(H,18,19). The van der Waals surface area contributed by atoms with E-state index >= 15 is 0 Å². The van der Waals surface area contributed by atoms with Crippen LogP contribution < -0.4 is 4.74 Å². The highest BCUT2D eigenvalue weighted by atomic mass is 16.5. The molecule has 1 saturated carbocycles. The van der Waals surface area contributed by atoms with Crippen LogP contribution in [0.15, 0.2) is 18.2 Å². The molecule has 20 heavy (non-hydrogen) atoms. The van der Waals surface area contributed by atoms with Crippen LogP contribution in [-0.4, -0.2) is 36.2 Å². The van der Waals surface area contributed by atoms with Gasteiger partial charge in [-0.1, -0.05) is 13.0 Å². The van der Waals surface area contributed by atoms with Crippen LogP contribution in [0.5, 0.6) is 5.75 Å². The van der Waals surface area contributed by atoms with Gasteiger partial charge >= 0.3 is 5.97 Å². The Morgan fingerprint density at radius 3 is 2.75 bits per heavy atom. The van der Waals surface area contributed by atoms with Crippen molar-refractivity contribution in [1.82, 2.24) is 4.90 Å². The lowest BCUT2D eigenvalue weighted by molar-refractivity contribution is 0.0693. The second-order valence-corrected chi connectivity index (χ2v) is 5.52. The maximum absolute atomic E-state index is 11.2. The minimum absolute atomic E-state index is 0.243. The van der Waals surface area contributed by atoms with Gasteiger partial charge in [0.25, 0.3) is 0 Å². The zero-order valence-corrected chi connectivity index (χ0v) is 12.3. The number of hydrogen-bond donors (Lipinski definition) is 1.